The molecule has 0 rings (SSSR count). The third kappa shape index (κ3) is 10400. The largest absolute Gasteiger partial charge is 0.330 e. The van der Waals surface area contributed by atoms with E-state index in [0.29, 0.717) is 0 Å². The second-order valence-electron chi connectivity index (χ2n) is 1.03. The van der Waals surface area contributed by atoms with Crippen LogP contribution >= 0.6 is 0 Å². The van der Waals surface area contributed by atoms with E-state index in [4.69, 9.17) is 25.9 Å². The van der Waals surface area contributed by atoms with Crippen molar-refractivity contribution in [2.24, 2.45) is 10.3 Å². The van der Waals surface area contributed by atoms with E-state index in [1.807, 2.05) is 0 Å². The molecule has 0 saturated heterocycles. The SMILES string of the molecule is NS(=O)(=O)O.NS(=O)(=O)O.[Fe]. The Morgan fingerprint density at radius 3 is 0.818 bits per heavy atom. The van der Waals surface area contributed by atoms with Crippen LogP contribution < -0.4 is 10.3 Å². The van der Waals surface area contributed by atoms with E-state index in [2.05, 4.69) is 10.3 Å². The van der Waals surface area contributed by atoms with E-state index in [1.54, 1.807) is 0 Å². The quantitative estimate of drug-likeness (QED) is 0.274. The molecule has 0 spiro atoms. The first-order valence-electron chi connectivity index (χ1n) is 1.50. The maximum absolute atomic E-state index is 8.97. The molecule has 11 heavy (non-hydrogen) atoms. The van der Waals surface area contributed by atoms with Gasteiger partial charge in [-0.3, -0.25) is 9.11 Å². The van der Waals surface area contributed by atoms with E-state index in [0.717, 1.165) is 0 Å². The zero-order chi connectivity index (χ0) is 9.00. The van der Waals surface area contributed by atoms with Crippen molar-refractivity contribution < 1.29 is 43.0 Å². The van der Waals surface area contributed by atoms with Crippen molar-refractivity contribution >= 4 is 20.6 Å². The molecule has 72 valence electrons. The van der Waals surface area contributed by atoms with Crippen LogP contribution in [0.2, 0.25) is 0 Å². The summed E-state index contributed by atoms with van der Waals surface area (Å²) in [6.45, 7) is 0. The maximum Gasteiger partial charge on any atom is 0.330 e. The van der Waals surface area contributed by atoms with Crippen molar-refractivity contribution in [1.29, 1.82) is 0 Å². The third-order valence-corrected chi connectivity index (χ3v) is 0. The Labute approximate surface area is 74.2 Å². The molecule has 11 heteroatoms. The Morgan fingerprint density at radius 2 is 0.818 bits per heavy atom. The molecule has 0 fully saturated rings. The number of hydrogen-bond acceptors (Lipinski definition) is 4. The van der Waals surface area contributed by atoms with E-state index in [1.165, 1.54) is 0 Å². The average Bonchev–Trinajstić information content (AvgIpc) is 1.12. The van der Waals surface area contributed by atoms with Crippen LogP contribution in [0, 0.1) is 0 Å². The van der Waals surface area contributed by atoms with Gasteiger partial charge >= 0.3 is 20.6 Å². The summed E-state index contributed by atoms with van der Waals surface area (Å²) < 4.78 is 50.4. The van der Waals surface area contributed by atoms with Crippen LogP contribution in [-0.4, -0.2) is 25.9 Å². The molecule has 0 amide bonds. The van der Waals surface area contributed by atoms with Crippen molar-refractivity contribution in [3.05, 3.63) is 0 Å². The van der Waals surface area contributed by atoms with Crippen LogP contribution in [0.3, 0.4) is 0 Å². The Hall–Kier alpha value is 0.259. The molecular weight excluding hydrogens is 244 g/mol. The standard InChI is InChI=1S/Fe.2H3NO3S/c;2*1-5(2,3)4/h;2*(H3,1,2,3,4). The zero-order valence-electron chi connectivity index (χ0n) is 4.85. The number of rotatable bonds is 0. The van der Waals surface area contributed by atoms with E-state index < -0.39 is 20.6 Å². The van der Waals surface area contributed by atoms with Gasteiger partial charge in [0.15, 0.2) is 0 Å². The predicted molar refractivity (Wildman–Crippen MR) is 31.5 cm³/mol. The Balaban J connectivity index is -0.000000107. The molecule has 0 unspecified atom stereocenters. The maximum atomic E-state index is 8.97. The molecular formula is H6FeN2O6S2. The second kappa shape index (κ2) is 5.85. The number of nitrogens with two attached hydrogens (primary N) is 2. The van der Waals surface area contributed by atoms with Crippen molar-refractivity contribution in [2.45, 2.75) is 0 Å². The van der Waals surface area contributed by atoms with Crippen LogP contribution in [0.15, 0.2) is 0 Å². The topological polar surface area (TPSA) is 161 Å². The van der Waals surface area contributed by atoms with Crippen molar-refractivity contribution in [3.63, 3.8) is 0 Å². The predicted octanol–water partition coefficient (Wildman–Crippen LogP) is -2.51. The molecule has 0 aliphatic rings. The molecule has 0 heterocycles. The Morgan fingerprint density at radius 1 is 0.818 bits per heavy atom. The van der Waals surface area contributed by atoms with Crippen molar-refractivity contribution in [3.8, 4) is 0 Å². The normalized spacial score (nSPS) is 10.5. The van der Waals surface area contributed by atoms with E-state index in [9.17, 15) is 0 Å². The first-order chi connectivity index (χ1) is 4.00. The number of hydrogen-bond donors (Lipinski definition) is 4. The van der Waals surface area contributed by atoms with Gasteiger partial charge in [0.2, 0.25) is 0 Å². The molecule has 0 aliphatic heterocycles. The summed E-state index contributed by atoms with van der Waals surface area (Å²) in [5, 5.41) is 7.76. The first kappa shape index (κ1) is 17.4. The third-order valence-electron chi connectivity index (χ3n) is 0. The minimum absolute atomic E-state index is 0. The van der Waals surface area contributed by atoms with Gasteiger partial charge in [-0.05, 0) is 0 Å². The monoisotopic (exact) mass is 250 g/mol. The summed E-state index contributed by atoms with van der Waals surface area (Å²) in [5.74, 6) is 0. The minimum atomic E-state index is -4.17. The van der Waals surface area contributed by atoms with Gasteiger partial charge in [-0.15, -0.1) is 0 Å². The summed E-state index contributed by atoms with van der Waals surface area (Å²) >= 11 is 0. The molecule has 0 aliphatic carbocycles. The van der Waals surface area contributed by atoms with Crippen LogP contribution in [0.5, 0.6) is 0 Å². The molecule has 0 saturated carbocycles. The van der Waals surface area contributed by atoms with Crippen molar-refractivity contribution in [1.82, 2.24) is 0 Å². The van der Waals surface area contributed by atoms with Gasteiger partial charge in [-0.2, -0.15) is 16.8 Å². The molecule has 0 aromatic carbocycles. The van der Waals surface area contributed by atoms with Gasteiger partial charge in [0.25, 0.3) is 0 Å². The fraction of sp³-hybridized carbons (Fsp3) is 0. The molecule has 8 nitrogen and oxygen atoms in total. The van der Waals surface area contributed by atoms with E-state index in [-0.39, 0.29) is 17.1 Å². The van der Waals surface area contributed by atoms with Crippen LogP contribution in [0.25, 0.3) is 0 Å². The van der Waals surface area contributed by atoms with Gasteiger partial charge < -0.3 is 0 Å². The molecule has 0 aromatic heterocycles. The summed E-state index contributed by atoms with van der Waals surface area (Å²) in [6, 6.07) is 0. The molecule has 0 aromatic rings. The second-order valence-corrected chi connectivity index (χ2v) is 3.09. The van der Waals surface area contributed by atoms with Gasteiger partial charge in [0, 0.05) is 17.1 Å². The molecule has 0 bridgehead atoms. The molecule has 0 atom stereocenters. The zero-order valence-corrected chi connectivity index (χ0v) is 7.59. The van der Waals surface area contributed by atoms with Gasteiger partial charge in [-0.25, -0.2) is 10.3 Å². The summed E-state index contributed by atoms with van der Waals surface area (Å²) in [6.07, 6.45) is 0. The molecule has 0 radical (unpaired) electrons. The van der Waals surface area contributed by atoms with Gasteiger partial charge in [-0.1, -0.05) is 0 Å². The van der Waals surface area contributed by atoms with E-state index >= 15 is 0 Å². The fourth-order valence-corrected chi connectivity index (χ4v) is 0. The smallest absolute Gasteiger partial charge is 0.274 e. The summed E-state index contributed by atoms with van der Waals surface area (Å²) in [4.78, 5) is 0. The molecule has 6 N–H and O–H groups in total. The van der Waals surface area contributed by atoms with Crippen LogP contribution in [-0.2, 0) is 37.7 Å². The fourth-order valence-electron chi connectivity index (χ4n) is 0. The van der Waals surface area contributed by atoms with Gasteiger partial charge in [0.05, 0.1) is 0 Å². The minimum Gasteiger partial charge on any atom is -0.274 e. The summed E-state index contributed by atoms with van der Waals surface area (Å²) in [5.41, 5.74) is 0. The van der Waals surface area contributed by atoms with Crippen LogP contribution in [0.4, 0.5) is 0 Å². The Bertz CT molecular complexity index is 215. The first-order valence-corrected chi connectivity index (χ1v) is 4.51. The summed E-state index contributed by atoms with van der Waals surface area (Å²) in [7, 11) is -8.33. The Kier molecular flexibility index (Phi) is 9.24. The average molecular weight is 250 g/mol. The van der Waals surface area contributed by atoms with Gasteiger partial charge in [0.1, 0.15) is 0 Å². The van der Waals surface area contributed by atoms with Crippen molar-refractivity contribution in [2.75, 3.05) is 0 Å². The van der Waals surface area contributed by atoms with Crippen LogP contribution in [0.1, 0.15) is 0 Å².